The van der Waals surface area contributed by atoms with Gasteiger partial charge in [-0.25, -0.2) is 4.99 Å². The molecule has 1 aliphatic rings. The lowest BCUT2D eigenvalue weighted by Gasteiger charge is -2.15. The van der Waals surface area contributed by atoms with Crippen molar-refractivity contribution < 1.29 is 9.47 Å². The van der Waals surface area contributed by atoms with Crippen LogP contribution in [0.5, 0.6) is 5.75 Å². The molecule has 5 nitrogen and oxygen atoms in total. The molecule has 1 heterocycles. The maximum atomic E-state index is 5.65. The Bertz CT molecular complexity index is 486. The van der Waals surface area contributed by atoms with E-state index < -0.39 is 0 Å². The molecule has 2 rings (SSSR count). The van der Waals surface area contributed by atoms with E-state index in [1.165, 1.54) is 0 Å². The van der Waals surface area contributed by atoms with Crippen LogP contribution in [0.2, 0.25) is 0 Å². The number of guanidine groups is 1. The molecule has 1 aromatic rings. The van der Waals surface area contributed by atoms with E-state index in [4.69, 9.17) is 9.47 Å². The Kier molecular flexibility index (Phi) is 10.1. The predicted molar refractivity (Wildman–Crippen MR) is 109 cm³/mol. The van der Waals surface area contributed by atoms with Gasteiger partial charge in [-0.2, -0.15) is 0 Å². The molecule has 136 valence electrons. The molecule has 0 aromatic heterocycles. The summed E-state index contributed by atoms with van der Waals surface area (Å²) >= 11 is 0. The lowest BCUT2D eigenvalue weighted by Crippen LogP contribution is -2.41. The van der Waals surface area contributed by atoms with Gasteiger partial charge in [0.2, 0.25) is 0 Å². The van der Waals surface area contributed by atoms with Gasteiger partial charge in [-0.3, -0.25) is 0 Å². The number of ether oxygens (including phenoxy) is 2. The van der Waals surface area contributed by atoms with Crippen LogP contribution in [0.4, 0.5) is 0 Å². The maximum absolute atomic E-state index is 5.65. The third kappa shape index (κ3) is 7.70. The smallest absolute Gasteiger partial charge is 0.191 e. The lowest BCUT2D eigenvalue weighted by atomic mass is 10.2. The van der Waals surface area contributed by atoms with Crippen LogP contribution in [0.1, 0.15) is 39.2 Å². The van der Waals surface area contributed by atoms with Gasteiger partial charge in [0.15, 0.2) is 5.96 Å². The number of aliphatic imine (C=N–C) groups is 1. The Morgan fingerprint density at radius 1 is 1.29 bits per heavy atom. The van der Waals surface area contributed by atoms with Gasteiger partial charge in [0, 0.05) is 19.7 Å². The lowest BCUT2D eigenvalue weighted by molar-refractivity contribution is 0.114. The Morgan fingerprint density at radius 2 is 2.04 bits per heavy atom. The van der Waals surface area contributed by atoms with E-state index >= 15 is 0 Å². The summed E-state index contributed by atoms with van der Waals surface area (Å²) in [6.07, 6.45) is 2.79. The highest BCUT2D eigenvalue weighted by Gasteiger charge is 2.15. The third-order valence-corrected chi connectivity index (χ3v) is 3.58. The monoisotopic (exact) mass is 447 g/mol. The third-order valence-electron chi connectivity index (χ3n) is 3.58. The first-order chi connectivity index (χ1) is 11.2. The number of benzene rings is 1. The molecule has 2 N–H and O–H groups in total. The van der Waals surface area contributed by atoms with Crippen LogP contribution in [0.25, 0.3) is 0 Å². The summed E-state index contributed by atoms with van der Waals surface area (Å²) in [5, 5.41) is 6.63. The van der Waals surface area contributed by atoms with Crippen molar-refractivity contribution in [2.24, 2.45) is 4.99 Å². The van der Waals surface area contributed by atoms with E-state index in [2.05, 4.69) is 34.7 Å². The van der Waals surface area contributed by atoms with Crippen LogP contribution >= 0.6 is 24.0 Å². The molecule has 1 aliphatic heterocycles. The van der Waals surface area contributed by atoms with Gasteiger partial charge in [0.1, 0.15) is 5.75 Å². The van der Waals surface area contributed by atoms with Gasteiger partial charge < -0.3 is 20.1 Å². The van der Waals surface area contributed by atoms with Crippen molar-refractivity contribution in [3.8, 4) is 5.75 Å². The van der Waals surface area contributed by atoms with Gasteiger partial charge in [0.25, 0.3) is 0 Å². The van der Waals surface area contributed by atoms with E-state index in [-0.39, 0.29) is 30.1 Å². The maximum Gasteiger partial charge on any atom is 0.191 e. The minimum Gasteiger partial charge on any atom is -0.491 e. The van der Waals surface area contributed by atoms with Gasteiger partial charge in [0.05, 0.1) is 18.8 Å². The molecule has 0 bridgehead atoms. The minimum atomic E-state index is 0. The zero-order valence-electron chi connectivity index (χ0n) is 14.9. The standard InChI is InChI=1S/C18H29N3O2.HI/c1-4-19-18(21-13-17-6-5-11-22-17)20-12-15-7-9-16(10-8-15)23-14(2)3;/h7-10,14,17H,4-6,11-13H2,1-3H3,(H2,19,20,21);1H. The van der Waals surface area contributed by atoms with Gasteiger partial charge in [-0.15, -0.1) is 24.0 Å². The van der Waals surface area contributed by atoms with E-state index in [1.807, 2.05) is 26.0 Å². The molecule has 1 atom stereocenters. The van der Waals surface area contributed by atoms with Crippen molar-refractivity contribution in [2.75, 3.05) is 19.7 Å². The highest BCUT2D eigenvalue weighted by molar-refractivity contribution is 14.0. The second kappa shape index (κ2) is 11.5. The second-order valence-electron chi connectivity index (χ2n) is 6.02. The molecule has 1 aromatic carbocycles. The number of nitrogens with one attached hydrogen (secondary N) is 2. The summed E-state index contributed by atoms with van der Waals surface area (Å²) in [6.45, 7) is 9.31. The van der Waals surface area contributed by atoms with Crippen LogP contribution in [0, 0.1) is 0 Å². The first-order valence-electron chi connectivity index (χ1n) is 8.56. The number of halogens is 1. The second-order valence-corrected chi connectivity index (χ2v) is 6.02. The van der Waals surface area contributed by atoms with Gasteiger partial charge in [-0.05, 0) is 51.3 Å². The van der Waals surface area contributed by atoms with Crippen LogP contribution in [-0.2, 0) is 11.3 Å². The van der Waals surface area contributed by atoms with E-state index in [0.29, 0.717) is 12.6 Å². The van der Waals surface area contributed by atoms with Gasteiger partial charge in [-0.1, -0.05) is 12.1 Å². The fourth-order valence-electron chi connectivity index (χ4n) is 2.47. The Morgan fingerprint density at radius 3 is 2.62 bits per heavy atom. The summed E-state index contributed by atoms with van der Waals surface area (Å²) < 4.78 is 11.3. The van der Waals surface area contributed by atoms with Crippen LogP contribution in [0.15, 0.2) is 29.3 Å². The number of hydrogen-bond acceptors (Lipinski definition) is 3. The van der Waals surface area contributed by atoms with Crippen molar-refractivity contribution in [2.45, 2.75) is 52.4 Å². The molecule has 24 heavy (non-hydrogen) atoms. The van der Waals surface area contributed by atoms with Crippen molar-refractivity contribution in [3.63, 3.8) is 0 Å². The molecule has 0 amide bonds. The summed E-state index contributed by atoms with van der Waals surface area (Å²) in [5.74, 6) is 1.74. The van der Waals surface area contributed by atoms with E-state index in [1.54, 1.807) is 0 Å². The zero-order chi connectivity index (χ0) is 16.5. The van der Waals surface area contributed by atoms with Crippen molar-refractivity contribution >= 4 is 29.9 Å². The van der Waals surface area contributed by atoms with Gasteiger partial charge >= 0.3 is 0 Å². The molecule has 1 unspecified atom stereocenters. The zero-order valence-corrected chi connectivity index (χ0v) is 17.2. The molecule has 0 aliphatic carbocycles. The molecule has 0 saturated carbocycles. The predicted octanol–water partition coefficient (Wildman–Crippen LogP) is 3.33. The van der Waals surface area contributed by atoms with Crippen molar-refractivity contribution in [1.82, 2.24) is 10.6 Å². The first kappa shape index (κ1) is 21.0. The molecule has 1 saturated heterocycles. The van der Waals surface area contributed by atoms with Crippen LogP contribution in [-0.4, -0.2) is 37.9 Å². The molecule has 1 fully saturated rings. The van der Waals surface area contributed by atoms with Crippen LogP contribution in [0.3, 0.4) is 0 Å². The Labute approximate surface area is 162 Å². The fraction of sp³-hybridized carbons (Fsp3) is 0.611. The summed E-state index contributed by atoms with van der Waals surface area (Å²) in [5.41, 5.74) is 1.16. The molecular weight excluding hydrogens is 417 g/mol. The molecular formula is C18H30IN3O2. The molecule has 6 heteroatoms. The highest BCUT2D eigenvalue weighted by Crippen LogP contribution is 2.14. The van der Waals surface area contributed by atoms with Crippen molar-refractivity contribution in [1.29, 1.82) is 0 Å². The molecule has 0 spiro atoms. The quantitative estimate of drug-likeness (QED) is 0.383. The first-order valence-corrected chi connectivity index (χ1v) is 8.56. The van der Waals surface area contributed by atoms with E-state index in [0.717, 1.165) is 49.8 Å². The summed E-state index contributed by atoms with van der Waals surface area (Å²) in [6, 6.07) is 8.12. The normalized spacial score (nSPS) is 17.5. The largest absolute Gasteiger partial charge is 0.491 e. The average Bonchev–Trinajstić information content (AvgIpc) is 3.04. The fourth-order valence-corrected chi connectivity index (χ4v) is 2.47. The number of rotatable bonds is 7. The topological polar surface area (TPSA) is 54.9 Å². The summed E-state index contributed by atoms with van der Waals surface area (Å²) in [7, 11) is 0. The number of nitrogens with zero attached hydrogens (tertiary/aromatic N) is 1. The van der Waals surface area contributed by atoms with E-state index in [9.17, 15) is 0 Å². The number of hydrogen-bond donors (Lipinski definition) is 2. The Balaban J connectivity index is 0.00000288. The van der Waals surface area contributed by atoms with Crippen LogP contribution < -0.4 is 15.4 Å². The molecule has 0 radical (unpaired) electrons. The average molecular weight is 447 g/mol. The van der Waals surface area contributed by atoms with Crippen molar-refractivity contribution in [3.05, 3.63) is 29.8 Å². The highest BCUT2D eigenvalue weighted by atomic mass is 127. The Hall–Kier alpha value is -1.02. The summed E-state index contributed by atoms with van der Waals surface area (Å²) in [4.78, 5) is 4.63. The minimum absolute atomic E-state index is 0. The SMILES string of the molecule is CCNC(=NCc1ccc(OC(C)C)cc1)NCC1CCCO1.I.